The van der Waals surface area contributed by atoms with E-state index in [0.717, 1.165) is 17.0 Å². The van der Waals surface area contributed by atoms with Crippen molar-refractivity contribution in [1.82, 2.24) is 10.2 Å². The molecular weight excluding hydrogens is 337 g/mol. The lowest BCUT2D eigenvalue weighted by molar-refractivity contribution is -0.138. The van der Waals surface area contributed by atoms with Crippen LogP contribution in [0, 0.1) is 0 Å². The Morgan fingerprint density at radius 3 is 2.52 bits per heavy atom. The van der Waals surface area contributed by atoms with Crippen molar-refractivity contribution in [2.75, 3.05) is 0 Å². The van der Waals surface area contributed by atoms with Crippen LogP contribution in [0.3, 0.4) is 0 Å². The van der Waals surface area contributed by atoms with E-state index < -0.39 is 41.1 Å². The molecule has 0 aromatic heterocycles. The molecule has 2 aliphatic rings. The number of nitrogens with one attached hydrogen (secondary N) is 1. The molecule has 23 heavy (non-hydrogen) atoms. The molecule has 1 aromatic carbocycles. The summed E-state index contributed by atoms with van der Waals surface area (Å²) in [6, 6.07) is 0.863. The molecule has 1 N–H and O–H groups in total. The molecule has 122 valence electrons. The van der Waals surface area contributed by atoms with Crippen molar-refractivity contribution < 1.29 is 27.6 Å². The second-order valence-electron chi connectivity index (χ2n) is 5.35. The third kappa shape index (κ3) is 2.56. The number of piperidine rings is 1. The highest BCUT2D eigenvalue weighted by molar-refractivity contribution is 6.32. The summed E-state index contributed by atoms with van der Waals surface area (Å²) in [6.45, 7) is -0.191. The summed E-state index contributed by atoms with van der Waals surface area (Å²) in [5, 5.41) is 2.12. The summed E-state index contributed by atoms with van der Waals surface area (Å²) in [5.41, 5.74) is -1.54. The number of fused-ring (bicyclic) bond motifs is 1. The van der Waals surface area contributed by atoms with Gasteiger partial charge in [0.05, 0.1) is 11.1 Å². The van der Waals surface area contributed by atoms with E-state index >= 15 is 0 Å². The average Bonchev–Trinajstić information content (AvgIpc) is 2.77. The molecule has 1 fully saturated rings. The van der Waals surface area contributed by atoms with Gasteiger partial charge in [-0.15, -0.1) is 0 Å². The number of hydrogen-bond acceptors (Lipinski definition) is 3. The zero-order chi connectivity index (χ0) is 16.9. The monoisotopic (exact) mass is 346 g/mol. The second-order valence-corrected chi connectivity index (χ2v) is 5.75. The molecule has 0 saturated carbocycles. The van der Waals surface area contributed by atoms with E-state index in [2.05, 4.69) is 5.32 Å². The van der Waals surface area contributed by atoms with Gasteiger partial charge in [-0.3, -0.25) is 19.7 Å². The third-order valence-corrected chi connectivity index (χ3v) is 4.30. The van der Waals surface area contributed by atoms with Gasteiger partial charge >= 0.3 is 6.18 Å². The molecule has 0 aliphatic carbocycles. The van der Waals surface area contributed by atoms with Gasteiger partial charge in [0.2, 0.25) is 11.8 Å². The molecule has 3 rings (SSSR count). The van der Waals surface area contributed by atoms with Crippen LogP contribution in [0.1, 0.15) is 34.3 Å². The van der Waals surface area contributed by atoms with Crippen LogP contribution in [0.4, 0.5) is 13.2 Å². The highest BCUT2D eigenvalue weighted by atomic mass is 35.5. The van der Waals surface area contributed by atoms with Gasteiger partial charge in [-0.1, -0.05) is 11.6 Å². The second kappa shape index (κ2) is 5.23. The fourth-order valence-corrected chi connectivity index (χ4v) is 3.09. The molecule has 2 heterocycles. The molecule has 1 aromatic rings. The molecule has 9 heteroatoms. The zero-order valence-corrected chi connectivity index (χ0v) is 12.3. The lowest BCUT2D eigenvalue weighted by Crippen LogP contribution is -2.52. The highest BCUT2D eigenvalue weighted by Crippen LogP contribution is 2.40. The van der Waals surface area contributed by atoms with Crippen LogP contribution >= 0.6 is 11.6 Å². The van der Waals surface area contributed by atoms with E-state index in [1.807, 2.05) is 0 Å². The molecular formula is C14H10ClF3N2O3. The molecule has 1 atom stereocenters. The van der Waals surface area contributed by atoms with Crippen molar-refractivity contribution in [2.24, 2.45) is 0 Å². The number of amides is 3. The number of alkyl halides is 3. The van der Waals surface area contributed by atoms with Crippen molar-refractivity contribution in [3.63, 3.8) is 0 Å². The lowest BCUT2D eigenvalue weighted by Gasteiger charge is -2.29. The van der Waals surface area contributed by atoms with Crippen LogP contribution < -0.4 is 5.32 Å². The zero-order valence-electron chi connectivity index (χ0n) is 11.5. The number of carbonyl (C=O) groups excluding carboxylic acids is 3. The first-order valence-electron chi connectivity index (χ1n) is 6.73. The van der Waals surface area contributed by atoms with Crippen LogP contribution in [0.5, 0.6) is 0 Å². The van der Waals surface area contributed by atoms with Crippen molar-refractivity contribution in [3.05, 3.63) is 33.8 Å². The van der Waals surface area contributed by atoms with Crippen LogP contribution in [-0.2, 0) is 22.3 Å². The molecule has 1 saturated heterocycles. The Kier molecular flexibility index (Phi) is 3.59. The van der Waals surface area contributed by atoms with Crippen molar-refractivity contribution >= 4 is 29.3 Å². The Balaban J connectivity index is 2.01. The maximum atomic E-state index is 13.1. The van der Waals surface area contributed by atoms with E-state index in [1.54, 1.807) is 0 Å². The average molecular weight is 347 g/mol. The standard InChI is InChI=1S/C14H10ClF3N2O3/c15-8-2-1-7(14(16,17)18)11-6(8)5-20(13(11)23)9-3-4-10(21)19-12(9)22/h1-2,9H,3-5H2,(H,19,21,22). The van der Waals surface area contributed by atoms with E-state index in [4.69, 9.17) is 11.6 Å². The first-order chi connectivity index (χ1) is 10.7. The summed E-state index contributed by atoms with van der Waals surface area (Å²) in [6.07, 6.45) is -4.61. The minimum Gasteiger partial charge on any atom is -0.322 e. The number of halogens is 4. The summed E-state index contributed by atoms with van der Waals surface area (Å²) in [7, 11) is 0. The van der Waals surface area contributed by atoms with Gasteiger partial charge < -0.3 is 4.90 Å². The molecule has 5 nitrogen and oxygen atoms in total. The summed E-state index contributed by atoms with van der Waals surface area (Å²) >= 11 is 5.92. The number of benzene rings is 1. The van der Waals surface area contributed by atoms with Crippen LogP contribution in [0.2, 0.25) is 5.02 Å². The van der Waals surface area contributed by atoms with Gasteiger partial charge in [0.25, 0.3) is 5.91 Å². The van der Waals surface area contributed by atoms with Crippen LogP contribution in [0.15, 0.2) is 12.1 Å². The molecule has 1 unspecified atom stereocenters. The Hall–Kier alpha value is -2.09. The third-order valence-electron chi connectivity index (χ3n) is 3.95. The normalized spacial score (nSPS) is 21.5. The Labute approximate surface area is 133 Å². The van der Waals surface area contributed by atoms with Gasteiger partial charge in [-0.25, -0.2) is 0 Å². The van der Waals surface area contributed by atoms with E-state index in [9.17, 15) is 27.6 Å². The summed E-state index contributed by atoms with van der Waals surface area (Å²) in [5.74, 6) is -2.05. The predicted molar refractivity (Wildman–Crippen MR) is 72.5 cm³/mol. The lowest BCUT2D eigenvalue weighted by atomic mass is 10.0. The largest absolute Gasteiger partial charge is 0.417 e. The minimum atomic E-state index is -4.70. The van der Waals surface area contributed by atoms with E-state index in [0.29, 0.717) is 0 Å². The number of carbonyl (C=O) groups is 3. The van der Waals surface area contributed by atoms with Gasteiger partial charge in [0.1, 0.15) is 6.04 Å². The number of rotatable bonds is 1. The van der Waals surface area contributed by atoms with Gasteiger partial charge in [0, 0.05) is 23.6 Å². The van der Waals surface area contributed by atoms with Crippen molar-refractivity contribution in [2.45, 2.75) is 31.6 Å². The highest BCUT2D eigenvalue weighted by Gasteiger charge is 2.45. The van der Waals surface area contributed by atoms with Crippen LogP contribution in [0.25, 0.3) is 0 Å². The van der Waals surface area contributed by atoms with Crippen molar-refractivity contribution in [1.29, 1.82) is 0 Å². The van der Waals surface area contributed by atoms with Gasteiger partial charge in [-0.05, 0) is 18.6 Å². The van der Waals surface area contributed by atoms with E-state index in [-0.39, 0.29) is 30.0 Å². The van der Waals surface area contributed by atoms with E-state index in [1.165, 1.54) is 0 Å². The SMILES string of the molecule is O=C1CCC(N2Cc3c(Cl)ccc(C(F)(F)F)c3C2=O)C(=O)N1. The maximum absolute atomic E-state index is 13.1. The molecule has 0 radical (unpaired) electrons. The topological polar surface area (TPSA) is 66.5 Å². The van der Waals surface area contributed by atoms with Gasteiger partial charge in [0.15, 0.2) is 0 Å². The number of nitrogens with zero attached hydrogens (tertiary/aromatic N) is 1. The number of hydrogen-bond donors (Lipinski definition) is 1. The predicted octanol–water partition coefficient (Wildman–Crippen LogP) is 2.12. The number of imide groups is 1. The molecule has 2 aliphatic heterocycles. The summed E-state index contributed by atoms with van der Waals surface area (Å²) in [4.78, 5) is 36.5. The summed E-state index contributed by atoms with van der Waals surface area (Å²) < 4.78 is 39.3. The Bertz CT molecular complexity index is 733. The fraction of sp³-hybridized carbons (Fsp3) is 0.357. The molecule has 3 amide bonds. The molecule has 0 spiro atoms. The van der Waals surface area contributed by atoms with Crippen LogP contribution in [-0.4, -0.2) is 28.7 Å². The smallest absolute Gasteiger partial charge is 0.322 e. The van der Waals surface area contributed by atoms with Gasteiger partial charge in [-0.2, -0.15) is 13.2 Å². The van der Waals surface area contributed by atoms with Crippen molar-refractivity contribution in [3.8, 4) is 0 Å². The molecule has 0 bridgehead atoms. The fourth-order valence-electron chi connectivity index (χ4n) is 2.87. The Morgan fingerprint density at radius 2 is 1.91 bits per heavy atom. The Morgan fingerprint density at radius 1 is 1.22 bits per heavy atom. The quantitative estimate of drug-likeness (QED) is 0.792. The minimum absolute atomic E-state index is 0.0242. The first kappa shape index (κ1) is 15.8. The maximum Gasteiger partial charge on any atom is 0.417 e. The first-order valence-corrected chi connectivity index (χ1v) is 7.11.